The van der Waals surface area contributed by atoms with E-state index in [0.29, 0.717) is 17.1 Å². The van der Waals surface area contributed by atoms with Crippen molar-refractivity contribution in [3.63, 3.8) is 0 Å². The molecule has 0 aliphatic heterocycles. The number of methoxy groups -OCH3 is 2. The van der Waals surface area contributed by atoms with Gasteiger partial charge in [-0.15, -0.1) is 0 Å². The van der Waals surface area contributed by atoms with Gasteiger partial charge in [0.25, 0.3) is 0 Å². The van der Waals surface area contributed by atoms with E-state index in [1.165, 1.54) is 14.2 Å². The van der Waals surface area contributed by atoms with Crippen LogP contribution in [0.15, 0.2) is 18.2 Å². The Balaban J connectivity index is 2.94. The summed E-state index contributed by atoms with van der Waals surface area (Å²) in [7, 11) is 2.98. The molecule has 6 heteroatoms. The molecular formula is C13H16O6. The number of carboxylic acids is 2. The topological polar surface area (TPSA) is 93.1 Å². The van der Waals surface area contributed by atoms with Crippen LogP contribution in [0.1, 0.15) is 12.0 Å². The van der Waals surface area contributed by atoms with Crippen molar-refractivity contribution < 1.29 is 29.3 Å². The second-order valence-corrected chi connectivity index (χ2v) is 4.06. The summed E-state index contributed by atoms with van der Waals surface area (Å²) < 4.78 is 10.2. The smallest absolute Gasteiger partial charge is 0.307 e. The highest BCUT2D eigenvalue weighted by Gasteiger charge is 2.22. The summed E-state index contributed by atoms with van der Waals surface area (Å²) in [4.78, 5) is 21.7. The Hall–Kier alpha value is -2.24. The van der Waals surface area contributed by atoms with Crippen LogP contribution in [0.2, 0.25) is 0 Å². The van der Waals surface area contributed by atoms with Crippen molar-refractivity contribution in [1.82, 2.24) is 0 Å². The Labute approximate surface area is 110 Å². The third kappa shape index (κ3) is 4.50. The summed E-state index contributed by atoms with van der Waals surface area (Å²) in [5.41, 5.74) is 0.657. The predicted octanol–water partition coefficient (Wildman–Crippen LogP) is 1.42. The Bertz CT molecular complexity index is 446. The number of rotatable bonds is 7. The maximum absolute atomic E-state index is 11.0. The first-order valence-electron chi connectivity index (χ1n) is 5.62. The van der Waals surface area contributed by atoms with Crippen LogP contribution in [-0.4, -0.2) is 36.4 Å². The van der Waals surface area contributed by atoms with E-state index < -0.39 is 24.3 Å². The van der Waals surface area contributed by atoms with Crippen LogP contribution in [0.5, 0.6) is 11.5 Å². The molecule has 0 unspecified atom stereocenters. The molecule has 0 amide bonds. The molecule has 1 atom stereocenters. The molecule has 1 aromatic rings. The second-order valence-electron chi connectivity index (χ2n) is 4.06. The Morgan fingerprint density at radius 1 is 1.11 bits per heavy atom. The third-order valence-electron chi connectivity index (χ3n) is 2.66. The number of ether oxygens (including phenoxy) is 2. The van der Waals surface area contributed by atoms with E-state index in [-0.39, 0.29) is 6.42 Å². The molecule has 2 N–H and O–H groups in total. The van der Waals surface area contributed by atoms with Crippen LogP contribution < -0.4 is 9.47 Å². The highest BCUT2D eigenvalue weighted by Crippen LogP contribution is 2.25. The molecule has 0 radical (unpaired) electrons. The Morgan fingerprint density at radius 2 is 1.63 bits per heavy atom. The van der Waals surface area contributed by atoms with Gasteiger partial charge in [0.2, 0.25) is 0 Å². The molecule has 0 fully saturated rings. The summed E-state index contributed by atoms with van der Waals surface area (Å²) in [6.07, 6.45) is -0.315. The van der Waals surface area contributed by atoms with Crippen molar-refractivity contribution in [2.24, 2.45) is 5.92 Å². The first kappa shape index (κ1) is 14.8. The first-order valence-corrected chi connectivity index (χ1v) is 5.62. The van der Waals surface area contributed by atoms with Crippen molar-refractivity contribution in [3.8, 4) is 11.5 Å². The number of carboxylic acid groups (broad SMARTS) is 2. The zero-order chi connectivity index (χ0) is 14.4. The summed E-state index contributed by atoms with van der Waals surface area (Å²) in [5, 5.41) is 17.7. The van der Waals surface area contributed by atoms with E-state index >= 15 is 0 Å². The van der Waals surface area contributed by atoms with Gasteiger partial charge in [-0.2, -0.15) is 0 Å². The molecule has 1 aromatic carbocycles. The summed E-state index contributed by atoms with van der Waals surface area (Å²) in [5.74, 6) is -2.18. The van der Waals surface area contributed by atoms with E-state index in [2.05, 4.69) is 0 Å². The van der Waals surface area contributed by atoms with Gasteiger partial charge < -0.3 is 19.7 Å². The van der Waals surface area contributed by atoms with Crippen LogP contribution in [0, 0.1) is 5.92 Å². The van der Waals surface area contributed by atoms with Crippen LogP contribution in [0.25, 0.3) is 0 Å². The average Bonchev–Trinajstić information content (AvgIpc) is 2.36. The molecule has 0 spiro atoms. The molecule has 0 aliphatic carbocycles. The highest BCUT2D eigenvalue weighted by atomic mass is 16.5. The van der Waals surface area contributed by atoms with Gasteiger partial charge in [0.15, 0.2) is 0 Å². The largest absolute Gasteiger partial charge is 0.497 e. The van der Waals surface area contributed by atoms with Crippen molar-refractivity contribution >= 4 is 11.9 Å². The van der Waals surface area contributed by atoms with Crippen molar-refractivity contribution in [2.45, 2.75) is 12.8 Å². The minimum absolute atomic E-state index is 0.106. The molecule has 19 heavy (non-hydrogen) atoms. The van der Waals surface area contributed by atoms with Gasteiger partial charge in [0, 0.05) is 6.07 Å². The SMILES string of the molecule is COc1cc(C[C@H](CC(=O)O)C(=O)O)cc(OC)c1. The van der Waals surface area contributed by atoms with Gasteiger partial charge in [-0.1, -0.05) is 0 Å². The van der Waals surface area contributed by atoms with Crippen LogP contribution >= 0.6 is 0 Å². The van der Waals surface area contributed by atoms with E-state index in [4.69, 9.17) is 19.7 Å². The lowest BCUT2D eigenvalue weighted by Gasteiger charge is -2.12. The van der Waals surface area contributed by atoms with Gasteiger partial charge in [-0.3, -0.25) is 9.59 Å². The molecule has 0 aromatic heterocycles. The molecular weight excluding hydrogens is 252 g/mol. The van der Waals surface area contributed by atoms with Crippen molar-refractivity contribution in [2.75, 3.05) is 14.2 Å². The number of hydrogen-bond donors (Lipinski definition) is 2. The van der Waals surface area contributed by atoms with Crippen LogP contribution in [-0.2, 0) is 16.0 Å². The average molecular weight is 268 g/mol. The highest BCUT2D eigenvalue weighted by molar-refractivity contribution is 5.78. The van der Waals surface area contributed by atoms with Gasteiger partial charge in [-0.25, -0.2) is 0 Å². The summed E-state index contributed by atoms with van der Waals surface area (Å²) >= 11 is 0. The van der Waals surface area contributed by atoms with Gasteiger partial charge in [0.1, 0.15) is 11.5 Å². The minimum atomic E-state index is -1.14. The lowest BCUT2D eigenvalue weighted by atomic mass is 9.96. The van der Waals surface area contributed by atoms with Gasteiger partial charge in [0.05, 0.1) is 26.6 Å². The van der Waals surface area contributed by atoms with E-state index in [1.54, 1.807) is 18.2 Å². The summed E-state index contributed by atoms with van der Waals surface area (Å²) in [6, 6.07) is 5.00. The van der Waals surface area contributed by atoms with Crippen molar-refractivity contribution in [1.29, 1.82) is 0 Å². The monoisotopic (exact) mass is 268 g/mol. The lowest BCUT2D eigenvalue weighted by Crippen LogP contribution is -2.20. The number of hydrogen-bond acceptors (Lipinski definition) is 4. The molecule has 6 nitrogen and oxygen atoms in total. The number of benzene rings is 1. The van der Waals surface area contributed by atoms with Crippen LogP contribution in [0.3, 0.4) is 0 Å². The van der Waals surface area contributed by atoms with E-state index in [1.807, 2.05) is 0 Å². The zero-order valence-corrected chi connectivity index (χ0v) is 10.8. The Morgan fingerprint density at radius 3 is 2.00 bits per heavy atom. The fourth-order valence-corrected chi connectivity index (χ4v) is 1.73. The fraction of sp³-hybridized carbons (Fsp3) is 0.385. The molecule has 0 heterocycles. The molecule has 0 bridgehead atoms. The molecule has 104 valence electrons. The number of carbonyl (C=O) groups is 2. The third-order valence-corrected chi connectivity index (χ3v) is 2.66. The first-order chi connectivity index (χ1) is 8.96. The molecule has 0 aliphatic rings. The van der Waals surface area contributed by atoms with E-state index in [9.17, 15) is 9.59 Å². The predicted molar refractivity (Wildman–Crippen MR) is 66.6 cm³/mol. The maximum Gasteiger partial charge on any atom is 0.307 e. The molecule has 1 rings (SSSR count). The minimum Gasteiger partial charge on any atom is -0.497 e. The summed E-state index contributed by atoms with van der Waals surface area (Å²) in [6.45, 7) is 0. The molecule has 0 saturated carbocycles. The Kier molecular flexibility index (Phi) is 5.17. The van der Waals surface area contributed by atoms with Crippen molar-refractivity contribution in [3.05, 3.63) is 23.8 Å². The lowest BCUT2D eigenvalue weighted by molar-refractivity contribution is -0.148. The number of aliphatic carboxylic acids is 2. The van der Waals surface area contributed by atoms with Gasteiger partial charge >= 0.3 is 11.9 Å². The standard InChI is InChI=1S/C13H16O6/c1-18-10-4-8(5-11(7-10)19-2)3-9(13(16)17)6-12(14)15/h4-5,7,9H,3,6H2,1-2H3,(H,14,15)(H,16,17)/t9-/m1/s1. The second kappa shape index (κ2) is 6.63. The molecule has 0 saturated heterocycles. The van der Waals surface area contributed by atoms with Crippen LogP contribution in [0.4, 0.5) is 0 Å². The maximum atomic E-state index is 11.0. The normalized spacial score (nSPS) is 11.7. The fourth-order valence-electron chi connectivity index (χ4n) is 1.73. The quantitative estimate of drug-likeness (QED) is 0.776. The zero-order valence-electron chi connectivity index (χ0n) is 10.8. The van der Waals surface area contributed by atoms with Gasteiger partial charge in [-0.05, 0) is 24.1 Å². The van der Waals surface area contributed by atoms with E-state index in [0.717, 1.165) is 0 Å².